The van der Waals surface area contributed by atoms with Gasteiger partial charge in [-0.25, -0.2) is 14.8 Å². The molecular weight excluding hydrogens is 418 g/mol. The van der Waals surface area contributed by atoms with Gasteiger partial charge in [0.05, 0.1) is 20.3 Å². The molecule has 2 aromatic heterocycles. The fourth-order valence-corrected chi connectivity index (χ4v) is 2.87. The molecule has 0 aliphatic carbocycles. The van der Waals surface area contributed by atoms with E-state index >= 15 is 0 Å². The van der Waals surface area contributed by atoms with Crippen LogP contribution in [0, 0.1) is 0 Å². The largest absolute Gasteiger partial charge is 0.560 e. The number of pyridine rings is 1. The lowest BCUT2D eigenvalue weighted by atomic mass is 10.1. The van der Waals surface area contributed by atoms with Crippen LogP contribution >= 0.6 is 0 Å². The van der Waals surface area contributed by atoms with Crippen molar-refractivity contribution in [1.82, 2.24) is 9.97 Å². The van der Waals surface area contributed by atoms with E-state index in [0.717, 1.165) is 19.6 Å². The molecular formula is C19H15BF3N3O5. The first-order valence-corrected chi connectivity index (χ1v) is 8.72. The third kappa shape index (κ3) is 4.32. The lowest BCUT2D eigenvalue weighted by Gasteiger charge is -2.11. The summed E-state index contributed by atoms with van der Waals surface area (Å²) in [5, 5.41) is 0.276. The number of ether oxygens (including phenoxy) is 2. The van der Waals surface area contributed by atoms with E-state index in [1.807, 2.05) is 0 Å². The molecule has 31 heavy (non-hydrogen) atoms. The summed E-state index contributed by atoms with van der Waals surface area (Å²) in [6, 6.07) is 4.32. The first-order valence-electron chi connectivity index (χ1n) is 8.72. The maximum atomic E-state index is 13.1. The maximum absolute atomic E-state index is 13.1. The number of methoxy groups -OCH3 is 2. The van der Waals surface area contributed by atoms with Crippen molar-refractivity contribution in [3.8, 4) is 17.2 Å². The highest BCUT2D eigenvalue weighted by Gasteiger charge is 2.33. The van der Waals surface area contributed by atoms with Crippen molar-refractivity contribution in [2.45, 2.75) is 19.1 Å². The molecule has 1 aromatic carbocycles. The van der Waals surface area contributed by atoms with E-state index in [-0.39, 0.29) is 34.0 Å². The summed E-state index contributed by atoms with van der Waals surface area (Å²) in [5.74, 6) is -0.939. The average molecular weight is 433 g/mol. The molecule has 3 aromatic rings. The SMILES string of the molecule is [B]OC=NC(C)c1nc(-c2ccc(OC)c3nc(C(F)(F)F)ccc23)oc1C(=O)OC. The van der Waals surface area contributed by atoms with Crippen LogP contribution in [-0.2, 0) is 15.6 Å². The van der Waals surface area contributed by atoms with E-state index in [0.29, 0.717) is 5.56 Å². The molecule has 2 radical (unpaired) electrons. The normalized spacial score (nSPS) is 12.8. The summed E-state index contributed by atoms with van der Waals surface area (Å²) in [4.78, 5) is 24.1. The molecule has 0 saturated heterocycles. The van der Waals surface area contributed by atoms with Crippen LogP contribution in [0.25, 0.3) is 22.4 Å². The minimum absolute atomic E-state index is 0.0414. The Morgan fingerprint density at radius 1 is 1.23 bits per heavy atom. The molecule has 8 nitrogen and oxygen atoms in total. The van der Waals surface area contributed by atoms with Gasteiger partial charge in [0.2, 0.25) is 11.7 Å². The second-order valence-corrected chi connectivity index (χ2v) is 6.20. The molecule has 160 valence electrons. The number of carbonyl (C=O) groups is 1. The summed E-state index contributed by atoms with van der Waals surface area (Å²) in [6.07, 6.45) is -3.67. The molecule has 1 unspecified atom stereocenters. The zero-order chi connectivity index (χ0) is 22.8. The summed E-state index contributed by atoms with van der Waals surface area (Å²) in [5.41, 5.74) is -0.709. The topological polar surface area (TPSA) is 96.0 Å². The number of hydrogen-bond donors (Lipinski definition) is 0. The Kier molecular flexibility index (Phi) is 6.18. The summed E-state index contributed by atoms with van der Waals surface area (Å²) in [7, 11) is 7.40. The Balaban J connectivity index is 2.22. The molecule has 0 saturated carbocycles. The van der Waals surface area contributed by atoms with Crippen LogP contribution in [0.4, 0.5) is 13.2 Å². The number of aliphatic imine (C=N–C) groups is 1. The maximum Gasteiger partial charge on any atom is 0.433 e. The number of aromatic nitrogens is 2. The lowest BCUT2D eigenvalue weighted by molar-refractivity contribution is -0.140. The fraction of sp³-hybridized carbons (Fsp3) is 0.263. The van der Waals surface area contributed by atoms with Crippen molar-refractivity contribution in [1.29, 1.82) is 0 Å². The summed E-state index contributed by atoms with van der Waals surface area (Å²) >= 11 is 0. The van der Waals surface area contributed by atoms with Gasteiger partial charge in [-0.15, -0.1) is 0 Å². The van der Waals surface area contributed by atoms with Gasteiger partial charge in [-0.2, -0.15) is 13.2 Å². The van der Waals surface area contributed by atoms with E-state index in [9.17, 15) is 18.0 Å². The Labute approximate surface area is 175 Å². The van der Waals surface area contributed by atoms with E-state index in [4.69, 9.17) is 21.9 Å². The van der Waals surface area contributed by atoms with Gasteiger partial charge in [0, 0.05) is 10.9 Å². The third-order valence-electron chi connectivity index (χ3n) is 4.33. The number of hydrogen-bond acceptors (Lipinski definition) is 8. The van der Waals surface area contributed by atoms with Crippen molar-refractivity contribution in [2.24, 2.45) is 4.99 Å². The molecule has 2 heterocycles. The Hall–Kier alpha value is -3.57. The predicted octanol–water partition coefficient (Wildman–Crippen LogP) is 3.89. The monoisotopic (exact) mass is 433 g/mol. The first-order chi connectivity index (χ1) is 14.7. The third-order valence-corrected chi connectivity index (χ3v) is 4.33. The molecule has 0 aliphatic rings. The number of nitrogens with zero attached hydrogens (tertiary/aromatic N) is 3. The second kappa shape index (κ2) is 8.66. The lowest BCUT2D eigenvalue weighted by Crippen LogP contribution is -2.08. The van der Waals surface area contributed by atoms with Crippen molar-refractivity contribution in [3.63, 3.8) is 0 Å². The van der Waals surface area contributed by atoms with Crippen LogP contribution in [0.15, 0.2) is 33.7 Å². The van der Waals surface area contributed by atoms with Crippen LogP contribution in [0.5, 0.6) is 5.75 Å². The number of benzene rings is 1. The van der Waals surface area contributed by atoms with Gasteiger partial charge in [0.25, 0.3) is 0 Å². The molecule has 0 N–H and O–H groups in total. The summed E-state index contributed by atoms with van der Waals surface area (Å²) < 4.78 is 59.2. The van der Waals surface area contributed by atoms with Gasteiger partial charge in [0.15, 0.2) is 6.40 Å². The van der Waals surface area contributed by atoms with E-state index in [1.165, 1.54) is 25.3 Å². The highest BCUT2D eigenvalue weighted by Crippen LogP contribution is 2.37. The number of rotatable bonds is 6. The number of alkyl halides is 3. The Morgan fingerprint density at radius 3 is 2.58 bits per heavy atom. The molecule has 1 atom stereocenters. The number of halogens is 3. The van der Waals surface area contributed by atoms with E-state index in [2.05, 4.69) is 19.6 Å². The van der Waals surface area contributed by atoms with Crippen LogP contribution < -0.4 is 4.74 Å². The highest BCUT2D eigenvalue weighted by atomic mass is 19.4. The van der Waals surface area contributed by atoms with Crippen LogP contribution in [0.3, 0.4) is 0 Å². The van der Waals surface area contributed by atoms with Crippen molar-refractivity contribution in [3.05, 3.63) is 41.4 Å². The predicted molar refractivity (Wildman–Crippen MR) is 104 cm³/mol. The molecule has 0 amide bonds. The minimum atomic E-state index is -4.64. The number of fused-ring (bicyclic) bond motifs is 1. The molecule has 0 aliphatic heterocycles. The van der Waals surface area contributed by atoms with Gasteiger partial charge >= 0.3 is 20.2 Å². The molecule has 0 spiro atoms. The van der Waals surface area contributed by atoms with Gasteiger partial charge in [0.1, 0.15) is 22.7 Å². The molecule has 3 rings (SSSR count). The molecule has 0 fully saturated rings. The van der Waals surface area contributed by atoms with Crippen LogP contribution in [0.2, 0.25) is 0 Å². The van der Waals surface area contributed by atoms with Crippen LogP contribution in [-0.4, -0.2) is 44.6 Å². The number of esters is 1. The van der Waals surface area contributed by atoms with E-state index < -0.39 is 23.9 Å². The van der Waals surface area contributed by atoms with Crippen molar-refractivity contribution < 1.29 is 36.5 Å². The van der Waals surface area contributed by atoms with Gasteiger partial charge in [-0.3, -0.25) is 4.99 Å². The van der Waals surface area contributed by atoms with Crippen LogP contribution in [0.1, 0.15) is 34.9 Å². The van der Waals surface area contributed by atoms with Gasteiger partial charge in [-0.1, -0.05) is 0 Å². The Morgan fingerprint density at radius 2 is 1.97 bits per heavy atom. The quantitative estimate of drug-likeness (QED) is 0.252. The standard InChI is InChI=1S/C19H15BF3N3O5/c1-9(24-8-30-20)14-16(18(27)29-3)31-17(26-14)11-4-6-12(28-2)15-10(11)5-7-13(25-15)19(21,22)23/h4-9H,1-3H3. The molecule has 0 bridgehead atoms. The fourth-order valence-electron chi connectivity index (χ4n) is 2.87. The first kappa shape index (κ1) is 22.1. The molecule has 12 heteroatoms. The Bertz CT molecular complexity index is 1150. The van der Waals surface area contributed by atoms with Gasteiger partial charge in [-0.05, 0) is 31.2 Å². The zero-order valence-electron chi connectivity index (χ0n) is 16.6. The highest BCUT2D eigenvalue weighted by molar-refractivity contribution is 6.02. The van der Waals surface area contributed by atoms with Crippen molar-refractivity contribution in [2.75, 3.05) is 14.2 Å². The summed E-state index contributed by atoms with van der Waals surface area (Å²) in [6.45, 7) is 1.60. The van der Waals surface area contributed by atoms with Gasteiger partial charge < -0.3 is 18.5 Å². The smallest absolute Gasteiger partial charge is 0.433 e. The number of carbonyl (C=O) groups excluding carboxylic acids is 1. The minimum Gasteiger partial charge on any atom is -0.560 e. The van der Waals surface area contributed by atoms with E-state index in [1.54, 1.807) is 6.92 Å². The zero-order valence-corrected chi connectivity index (χ0v) is 16.6. The van der Waals surface area contributed by atoms with Crippen molar-refractivity contribution >= 4 is 31.3 Å². The number of oxazole rings is 1. The average Bonchev–Trinajstić information content (AvgIpc) is 3.20. The second-order valence-electron chi connectivity index (χ2n) is 6.20.